The molecule has 0 bridgehead atoms. The molecule has 1 aliphatic rings. The molecule has 1 saturated heterocycles. The first-order chi connectivity index (χ1) is 8.62. The highest BCUT2D eigenvalue weighted by atomic mass is 32.2. The molecule has 1 rings (SSSR count). The summed E-state index contributed by atoms with van der Waals surface area (Å²) >= 11 is 0. The van der Waals surface area contributed by atoms with Crippen LogP contribution in [0.25, 0.3) is 0 Å². The normalized spacial score (nSPS) is 19.1. The fraction of sp³-hybridized carbons (Fsp3) is 1.00. The third kappa shape index (κ3) is 4.47. The summed E-state index contributed by atoms with van der Waals surface area (Å²) in [6, 6.07) is 0. The van der Waals surface area contributed by atoms with Crippen LogP contribution in [0.4, 0.5) is 0 Å². The van der Waals surface area contributed by atoms with Gasteiger partial charge in [-0.15, -0.1) is 0 Å². The second-order valence-electron chi connectivity index (χ2n) is 4.50. The molecule has 108 valence electrons. The molecule has 0 aromatic rings. The summed E-state index contributed by atoms with van der Waals surface area (Å²) in [6.07, 6.45) is 4.11. The van der Waals surface area contributed by atoms with Gasteiger partial charge in [-0.3, -0.25) is 0 Å². The van der Waals surface area contributed by atoms with E-state index in [0.717, 1.165) is 25.7 Å². The standard InChI is InChI=1S/C11H25N3O3S/c1-17-11-10-14(9-6-12)18(15,16)13-7-4-2-3-5-8-13/h2-12H2,1H3. The molecule has 0 aliphatic carbocycles. The topological polar surface area (TPSA) is 75.9 Å². The van der Waals surface area contributed by atoms with Crippen LogP contribution in [0.3, 0.4) is 0 Å². The van der Waals surface area contributed by atoms with Gasteiger partial charge in [-0.2, -0.15) is 17.0 Å². The van der Waals surface area contributed by atoms with Gasteiger partial charge >= 0.3 is 0 Å². The quantitative estimate of drug-likeness (QED) is 0.712. The molecule has 2 N–H and O–H groups in total. The summed E-state index contributed by atoms with van der Waals surface area (Å²) in [6.45, 7) is 2.69. The van der Waals surface area contributed by atoms with Gasteiger partial charge in [-0.25, -0.2) is 0 Å². The molecule has 0 unspecified atom stereocenters. The first-order valence-corrected chi connectivity index (χ1v) is 7.97. The maximum atomic E-state index is 12.5. The van der Waals surface area contributed by atoms with Crippen molar-refractivity contribution in [1.82, 2.24) is 8.61 Å². The molecule has 6 nitrogen and oxygen atoms in total. The van der Waals surface area contributed by atoms with Crippen LogP contribution in [-0.4, -0.2) is 63.5 Å². The molecule has 7 heteroatoms. The Morgan fingerprint density at radius 3 is 2.28 bits per heavy atom. The molecule has 0 amide bonds. The van der Waals surface area contributed by atoms with Gasteiger partial charge in [-0.05, 0) is 12.8 Å². The van der Waals surface area contributed by atoms with Gasteiger partial charge in [0.25, 0.3) is 10.2 Å². The summed E-state index contributed by atoms with van der Waals surface area (Å²) < 4.78 is 32.9. The highest BCUT2D eigenvalue weighted by molar-refractivity contribution is 7.86. The van der Waals surface area contributed by atoms with E-state index in [9.17, 15) is 8.42 Å². The van der Waals surface area contributed by atoms with Crippen LogP contribution in [0.2, 0.25) is 0 Å². The Kier molecular flexibility index (Phi) is 7.10. The number of ether oxygens (including phenoxy) is 1. The Bertz CT molecular complexity index is 313. The number of nitrogens with two attached hydrogens (primary N) is 1. The Morgan fingerprint density at radius 2 is 1.78 bits per heavy atom. The van der Waals surface area contributed by atoms with Crippen molar-refractivity contribution in [3.8, 4) is 0 Å². The van der Waals surface area contributed by atoms with Crippen LogP contribution in [0.1, 0.15) is 25.7 Å². The zero-order chi connectivity index (χ0) is 13.4. The van der Waals surface area contributed by atoms with Crippen molar-refractivity contribution in [3.63, 3.8) is 0 Å². The average molecular weight is 279 g/mol. The van der Waals surface area contributed by atoms with Crippen LogP contribution < -0.4 is 5.73 Å². The molecule has 1 heterocycles. The van der Waals surface area contributed by atoms with Crippen LogP contribution in [-0.2, 0) is 14.9 Å². The third-order valence-electron chi connectivity index (χ3n) is 3.14. The van der Waals surface area contributed by atoms with Crippen molar-refractivity contribution >= 4 is 10.2 Å². The van der Waals surface area contributed by atoms with Crippen LogP contribution in [0.15, 0.2) is 0 Å². The molecular weight excluding hydrogens is 254 g/mol. The van der Waals surface area contributed by atoms with Gasteiger partial charge < -0.3 is 10.5 Å². The van der Waals surface area contributed by atoms with Gasteiger partial charge in [0.1, 0.15) is 0 Å². The lowest BCUT2D eigenvalue weighted by Crippen LogP contribution is -2.47. The van der Waals surface area contributed by atoms with Crippen molar-refractivity contribution in [2.45, 2.75) is 25.7 Å². The van der Waals surface area contributed by atoms with Crippen molar-refractivity contribution in [2.75, 3.05) is 46.4 Å². The number of nitrogens with zero attached hydrogens (tertiary/aromatic N) is 2. The number of hydrogen-bond acceptors (Lipinski definition) is 4. The predicted molar refractivity (Wildman–Crippen MR) is 71.5 cm³/mol. The van der Waals surface area contributed by atoms with Crippen LogP contribution >= 0.6 is 0 Å². The van der Waals surface area contributed by atoms with E-state index in [4.69, 9.17) is 10.5 Å². The highest BCUT2D eigenvalue weighted by Crippen LogP contribution is 2.16. The van der Waals surface area contributed by atoms with E-state index >= 15 is 0 Å². The molecular formula is C11H25N3O3S. The van der Waals surface area contributed by atoms with Crippen molar-refractivity contribution in [1.29, 1.82) is 0 Å². The second-order valence-corrected chi connectivity index (χ2v) is 6.43. The molecule has 1 aliphatic heterocycles. The van der Waals surface area contributed by atoms with Gasteiger partial charge in [-0.1, -0.05) is 12.8 Å². The molecule has 0 spiro atoms. The second kappa shape index (κ2) is 8.06. The van der Waals surface area contributed by atoms with E-state index in [1.54, 1.807) is 11.4 Å². The molecule has 0 saturated carbocycles. The Labute approximate surface area is 110 Å². The van der Waals surface area contributed by atoms with Crippen molar-refractivity contribution in [3.05, 3.63) is 0 Å². The fourth-order valence-corrected chi connectivity index (χ4v) is 3.80. The van der Waals surface area contributed by atoms with Crippen LogP contribution in [0.5, 0.6) is 0 Å². The predicted octanol–water partition coefficient (Wildman–Crippen LogP) is 0.0143. The van der Waals surface area contributed by atoms with Crippen molar-refractivity contribution in [2.24, 2.45) is 5.73 Å². The lowest BCUT2D eigenvalue weighted by atomic mass is 10.2. The molecule has 0 aromatic carbocycles. The third-order valence-corrected chi connectivity index (χ3v) is 5.18. The minimum Gasteiger partial charge on any atom is -0.383 e. The molecule has 0 aromatic heterocycles. The zero-order valence-electron chi connectivity index (χ0n) is 11.2. The average Bonchev–Trinajstić information content (AvgIpc) is 2.63. The van der Waals surface area contributed by atoms with E-state index in [0.29, 0.717) is 39.3 Å². The van der Waals surface area contributed by atoms with Crippen molar-refractivity contribution < 1.29 is 13.2 Å². The lowest BCUT2D eigenvalue weighted by molar-refractivity contribution is 0.176. The van der Waals surface area contributed by atoms with Gasteiger partial charge in [0.2, 0.25) is 0 Å². The summed E-state index contributed by atoms with van der Waals surface area (Å²) in [5.74, 6) is 0. The smallest absolute Gasteiger partial charge is 0.282 e. The summed E-state index contributed by atoms with van der Waals surface area (Å²) in [4.78, 5) is 0. The van der Waals surface area contributed by atoms with Gasteiger partial charge in [0.15, 0.2) is 0 Å². The monoisotopic (exact) mass is 279 g/mol. The van der Waals surface area contributed by atoms with Gasteiger partial charge in [0, 0.05) is 39.8 Å². The number of methoxy groups -OCH3 is 1. The van der Waals surface area contributed by atoms with E-state index < -0.39 is 10.2 Å². The largest absolute Gasteiger partial charge is 0.383 e. The minimum absolute atomic E-state index is 0.330. The SMILES string of the molecule is COCCN(CCN)S(=O)(=O)N1CCCCCC1. The number of rotatable bonds is 7. The zero-order valence-corrected chi connectivity index (χ0v) is 12.0. The lowest BCUT2D eigenvalue weighted by Gasteiger charge is -2.28. The van der Waals surface area contributed by atoms with E-state index in [-0.39, 0.29) is 0 Å². The molecule has 0 radical (unpaired) electrons. The van der Waals surface area contributed by atoms with E-state index in [1.165, 1.54) is 4.31 Å². The molecule has 18 heavy (non-hydrogen) atoms. The van der Waals surface area contributed by atoms with Gasteiger partial charge in [0.05, 0.1) is 6.61 Å². The fourth-order valence-electron chi connectivity index (χ4n) is 2.12. The summed E-state index contributed by atoms with van der Waals surface area (Å²) in [5, 5.41) is 0. The van der Waals surface area contributed by atoms with E-state index in [1.807, 2.05) is 0 Å². The number of hydrogen-bond donors (Lipinski definition) is 1. The summed E-state index contributed by atoms with van der Waals surface area (Å²) in [5.41, 5.74) is 5.49. The molecule has 0 atom stereocenters. The Balaban J connectivity index is 2.71. The molecule has 1 fully saturated rings. The highest BCUT2D eigenvalue weighted by Gasteiger charge is 2.29. The Morgan fingerprint density at radius 1 is 1.17 bits per heavy atom. The van der Waals surface area contributed by atoms with E-state index in [2.05, 4.69) is 0 Å². The van der Waals surface area contributed by atoms with Crippen LogP contribution in [0, 0.1) is 0 Å². The summed E-state index contributed by atoms with van der Waals surface area (Å²) in [7, 11) is -1.81. The first kappa shape index (κ1) is 15.8. The first-order valence-electron chi connectivity index (χ1n) is 6.57. The Hall–Kier alpha value is -0.210. The maximum absolute atomic E-state index is 12.5. The minimum atomic E-state index is -3.38. The maximum Gasteiger partial charge on any atom is 0.282 e.